The monoisotopic (exact) mass is 251 g/mol. The van der Waals surface area contributed by atoms with Crippen LogP contribution in [0.2, 0.25) is 0 Å². The summed E-state index contributed by atoms with van der Waals surface area (Å²) in [5.41, 5.74) is 0. The molecule has 1 aromatic heterocycles. The van der Waals surface area contributed by atoms with Gasteiger partial charge in [0, 0.05) is 26.6 Å². The molecule has 1 N–H and O–H groups in total. The molecule has 1 fully saturated rings. The van der Waals surface area contributed by atoms with Crippen molar-refractivity contribution < 1.29 is 4.79 Å². The standard InChI is InChI=1S/C12H21N5O/c1-4-10-13-11(15-14-10)12(18)17(3)8-9-5-6-16(2)7-9/h9H,4-8H2,1-3H3,(H,13,14,15). The molecular formula is C12H21N5O. The van der Waals surface area contributed by atoms with E-state index in [0.29, 0.717) is 5.92 Å². The second-order valence-corrected chi connectivity index (χ2v) is 5.06. The van der Waals surface area contributed by atoms with E-state index in [-0.39, 0.29) is 11.7 Å². The first-order chi connectivity index (χ1) is 8.60. The second-order valence-electron chi connectivity index (χ2n) is 5.06. The van der Waals surface area contributed by atoms with Crippen molar-refractivity contribution in [3.63, 3.8) is 0 Å². The summed E-state index contributed by atoms with van der Waals surface area (Å²) >= 11 is 0. The maximum Gasteiger partial charge on any atom is 0.293 e. The van der Waals surface area contributed by atoms with Crippen molar-refractivity contribution >= 4 is 5.91 Å². The number of likely N-dealkylation sites (tertiary alicyclic amines) is 1. The lowest BCUT2D eigenvalue weighted by molar-refractivity contribution is 0.0762. The predicted octanol–water partition coefficient (Wildman–Crippen LogP) is 0.391. The number of aryl methyl sites for hydroxylation is 1. The van der Waals surface area contributed by atoms with Crippen LogP contribution in [0.4, 0.5) is 0 Å². The van der Waals surface area contributed by atoms with Crippen LogP contribution in [0.5, 0.6) is 0 Å². The van der Waals surface area contributed by atoms with E-state index in [2.05, 4.69) is 27.1 Å². The first-order valence-electron chi connectivity index (χ1n) is 6.45. The summed E-state index contributed by atoms with van der Waals surface area (Å²) in [5, 5.41) is 6.73. The van der Waals surface area contributed by atoms with Crippen molar-refractivity contribution in [2.45, 2.75) is 19.8 Å². The molecule has 2 rings (SSSR count). The van der Waals surface area contributed by atoms with E-state index in [1.807, 2.05) is 14.0 Å². The fourth-order valence-corrected chi connectivity index (χ4v) is 2.37. The summed E-state index contributed by atoms with van der Waals surface area (Å²) in [5.74, 6) is 1.50. The lowest BCUT2D eigenvalue weighted by Crippen LogP contribution is -2.33. The maximum absolute atomic E-state index is 12.1. The molecule has 0 radical (unpaired) electrons. The van der Waals surface area contributed by atoms with Crippen molar-refractivity contribution in [1.82, 2.24) is 25.0 Å². The number of carbonyl (C=O) groups excluding carboxylic acids is 1. The van der Waals surface area contributed by atoms with E-state index in [4.69, 9.17) is 0 Å². The molecule has 2 heterocycles. The minimum Gasteiger partial charge on any atom is -0.339 e. The minimum atomic E-state index is -0.0968. The number of nitrogens with zero attached hydrogens (tertiary/aromatic N) is 4. The van der Waals surface area contributed by atoms with Crippen molar-refractivity contribution in [1.29, 1.82) is 0 Å². The fourth-order valence-electron chi connectivity index (χ4n) is 2.37. The molecule has 100 valence electrons. The highest BCUT2D eigenvalue weighted by molar-refractivity contribution is 5.90. The van der Waals surface area contributed by atoms with Gasteiger partial charge in [-0.2, -0.15) is 0 Å². The summed E-state index contributed by atoms with van der Waals surface area (Å²) in [7, 11) is 3.94. The van der Waals surface area contributed by atoms with Gasteiger partial charge >= 0.3 is 0 Å². The molecule has 0 bridgehead atoms. The van der Waals surface area contributed by atoms with Crippen molar-refractivity contribution in [2.24, 2.45) is 5.92 Å². The van der Waals surface area contributed by atoms with E-state index in [9.17, 15) is 4.79 Å². The Labute approximate surface area is 107 Å². The number of carbonyl (C=O) groups is 1. The number of aromatic nitrogens is 3. The smallest absolute Gasteiger partial charge is 0.293 e. The van der Waals surface area contributed by atoms with Gasteiger partial charge in [-0.25, -0.2) is 4.98 Å². The van der Waals surface area contributed by atoms with Crippen LogP contribution < -0.4 is 0 Å². The van der Waals surface area contributed by atoms with Gasteiger partial charge in [-0.15, -0.1) is 5.10 Å². The quantitative estimate of drug-likeness (QED) is 0.841. The van der Waals surface area contributed by atoms with Gasteiger partial charge in [0.2, 0.25) is 5.82 Å². The van der Waals surface area contributed by atoms with Gasteiger partial charge in [0.1, 0.15) is 5.82 Å². The third-order valence-corrected chi connectivity index (χ3v) is 3.43. The molecule has 1 unspecified atom stereocenters. The lowest BCUT2D eigenvalue weighted by Gasteiger charge is -2.19. The Morgan fingerprint density at radius 3 is 2.94 bits per heavy atom. The molecule has 1 saturated heterocycles. The molecular weight excluding hydrogens is 230 g/mol. The predicted molar refractivity (Wildman–Crippen MR) is 68.3 cm³/mol. The van der Waals surface area contributed by atoms with Crippen molar-refractivity contribution in [3.8, 4) is 0 Å². The zero-order chi connectivity index (χ0) is 13.1. The van der Waals surface area contributed by atoms with Gasteiger partial charge in [0.15, 0.2) is 0 Å². The average molecular weight is 251 g/mol. The van der Waals surface area contributed by atoms with E-state index < -0.39 is 0 Å². The number of nitrogens with one attached hydrogen (secondary N) is 1. The Hall–Kier alpha value is -1.43. The SMILES string of the molecule is CCc1nc(C(=O)N(C)CC2CCN(C)C2)n[nH]1. The number of H-pyrrole nitrogens is 1. The second kappa shape index (κ2) is 5.48. The zero-order valence-corrected chi connectivity index (χ0v) is 11.3. The van der Waals surface area contributed by atoms with Crippen LogP contribution in [0.25, 0.3) is 0 Å². The highest BCUT2D eigenvalue weighted by atomic mass is 16.2. The van der Waals surface area contributed by atoms with Gasteiger partial charge in [0.05, 0.1) is 0 Å². The van der Waals surface area contributed by atoms with Gasteiger partial charge in [0.25, 0.3) is 5.91 Å². The molecule has 6 heteroatoms. The average Bonchev–Trinajstić information content (AvgIpc) is 2.97. The normalized spacial score (nSPS) is 20.3. The van der Waals surface area contributed by atoms with Crippen LogP contribution in [-0.2, 0) is 6.42 Å². The molecule has 0 aliphatic carbocycles. The topological polar surface area (TPSA) is 65.1 Å². The van der Waals surface area contributed by atoms with E-state index in [1.54, 1.807) is 4.90 Å². The van der Waals surface area contributed by atoms with Crippen LogP contribution in [-0.4, -0.2) is 64.6 Å². The van der Waals surface area contributed by atoms with Gasteiger partial charge in [-0.05, 0) is 25.9 Å². The Morgan fingerprint density at radius 1 is 1.61 bits per heavy atom. The Kier molecular flexibility index (Phi) is 3.96. The summed E-state index contributed by atoms with van der Waals surface area (Å²) < 4.78 is 0. The fraction of sp³-hybridized carbons (Fsp3) is 0.750. The molecule has 1 atom stereocenters. The lowest BCUT2D eigenvalue weighted by atomic mass is 10.1. The largest absolute Gasteiger partial charge is 0.339 e. The summed E-state index contributed by atoms with van der Waals surface area (Å²) in [6.45, 7) is 4.94. The van der Waals surface area contributed by atoms with Gasteiger partial charge < -0.3 is 9.80 Å². The van der Waals surface area contributed by atoms with Crippen molar-refractivity contribution in [2.75, 3.05) is 33.7 Å². The number of aromatic amines is 1. The molecule has 1 amide bonds. The molecule has 0 saturated carbocycles. The molecule has 1 aliphatic heterocycles. The molecule has 1 aliphatic rings. The molecule has 6 nitrogen and oxygen atoms in total. The Bertz CT molecular complexity index is 416. The number of amides is 1. The summed E-state index contributed by atoms with van der Waals surface area (Å²) in [6, 6.07) is 0. The minimum absolute atomic E-state index is 0.0968. The summed E-state index contributed by atoms with van der Waals surface area (Å²) in [4.78, 5) is 20.3. The van der Waals surface area contributed by atoms with E-state index in [1.165, 1.54) is 0 Å². The third-order valence-electron chi connectivity index (χ3n) is 3.43. The Morgan fingerprint density at radius 2 is 2.39 bits per heavy atom. The van der Waals surface area contributed by atoms with Crippen molar-refractivity contribution in [3.05, 3.63) is 11.6 Å². The van der Waals surface area contributed by atoms with Gasteiger partial charge in [-0.3, -0.25) is 9.89 Å². The first kappa shape index (κ1) is 13.0. The molecule has 1 aromatic rings. The zero-order valence-electron chi connectivity index (χ0n) is 11.3. The Balaban J connectivity index is 1.92. The molecule has 0 spiro atoms. The van der Waals surface area contributed by atoms with Crippen LogP contribution in [0.1, 0.15) is 29.8 Å². The van der Waals surface area contributed by atoms with E-state index >= 15 is 0 Å². The molecule has 18 heavy (non-hydrogen) atoms. The van der Waals surface area contributed by atoms with E-state index in [0.717, 1.165) is 38.3 Å². The van der Waals surface area contributed by atoms with Crippen LogP contribution in [0, 0.1) is 5.92 Å². The number of rotatable bonds is 4. The summed E-state index contributed by atoms with van der Waals surface area (Å²) in [6.07, 6.45) is 1.92. The first-order valence-corrected chi connectivity index (χ1v) is 6.45. The molecule has 0 aromatic carbocycles. The van der Waals surface area contributed by atoms with Crippen LogP contribution in [0.3, 0.4) is 0 Å². The highest BCUT2D eigenvalue weighted by Crippen LogP contribution is 2.15. The number of hydrogen-bond donors (Lipinski definition) is 1. The number of hydrogen-bond acceptors (Lipinski definition) is 4. The highest BCUT2D eigenvalue weighted by Gasteiger charge is 2.24. The maximum atomic E-state index is 12.1. The van der Waals surface area contributed by atoms with Gasteiger partial charge in [-0.1, -0.05) is 6.92 Å². The third kappa shape index (κ3) is 2.87. The van der Waals surface area contributed by atoms with Crippen LogP contribution in [0.15, 0.2) is 0 Å². The van der Waals surface area contributed by atoms with Crippen LogP contribution >= 0.6 is 0 Å².